The molecule has 2 aliphatic heterocycles. The Balaban J connectivity index is 2.21. The Morgan fingerprint density at radius 2 is 1.00 bits per heavy atom. The summed E-state index contributed by atoms with van der Waals surface area (Å²) in [5, 5.41) is 20.8. The van der Waals surface area contributed by atoms with E-state index < -0.39 is 51.7 Å². The van der Waals surface area contributed by atoms with Crippen molar-refractivity contribution in [3.8, 4) is 0 Å². The van der Waals surface area contributed by atoms with Crippen molar-refractivity contribution in [1.82, 2.24) is 0 Å². The topological polar surface area (TPSA) is 148 Å². The van der Waals surface area contributed by atoms with Crippen LogP contribution < -0.4 is 0 Å². The van der Waals surface area contributed by atoms with Crippen LogP contribution in [0.15, 0.2) is 0 Å². The fourth-order valence-corrected chi connectivity index (χ4v) is 6.23. The Morgan fingerprint density at radius 3 is 1.27 bits per heavy atom. The van der Waals surface area contributed by atoms with E-state index in [2.05, 4.69) is 0 Å². The average Bonchev–Trinajstić information content (AvgIpc) is 2.69. The van der Waals surface area contributed by atoms with E-state index in [0.29, 0.717) is 0 Å². The molecule has 0 aromatic carbocycles. The van der Waals surface area contributed by atoms with E-state index in [4.69, 9.17) is 37.0 Å². The van der Waals surface area contributed by atoms with Crippen LogP contribution in [0.2, 0.25) is 0 Å². The number of hydrogen-bond donors (Lipinski definition) is 2. The van der Waals surface area contributed by atoms with Gasteiger partial charge in [-0.3, -0.25) is 9.13 Å². The third kappa shape index (κ3) is 6.10. The summed E-state index contributed by atoms with van der Waals surface area (Å²) in [5.74, 6) is 0. The highest BCUT2D eigenvalue weighted by atomic mass is 31.2. The fourth-order valence-electron chi connectivity index (χ4n) is 3.04. The van der Waals surface area contributed by atoms with Crippen molar-refractivity contribution in [3.05, 3.63) is 0 Å². The highest BCUT2D eigenvalue weighted by Gasteiger charge is 2.52. The van der Waals surface area contributed by atoms with Crippen molar-refractivity contribution in [1.29, 1.82) is 0 Å². The molecule has 2 heterocycles. The van der Waals surface area contributed by atoms with Gasteiger partial charge in [-0.2, -0.15) is 0 Å². The quantitative estimate of drug-likeness (QED) is 0.416. The molecule has 0 aromatic rings. The van der Waals surface area contributed by atoms with Crippen molar-refractivity contribution >= 4 is 15.2 Å². The fraction of sp³-hybridized carbons (Fsp3) is 1.00. The van der Waals surface area contributed by atoms with Gasteiger partial charge in [0, 0.05) is 0 Å². The van der Waals surface area contributed by atoms with E-state index in [1.54, 1.807) is 27.7 Å². The van der Waals surface area contributed by atoms with Crippen molar-refractivity contribution < 1.29 is 56.4 Å². The van der Waals surface area contributed by atoms with Crippen LogP contribution in [0.5, 0.6) is 0 Å². The minimum atomic E-state index is -3.83. The summed E-state index contributed by atoms with van der Waals surface area (Å²) < 4.78 is 68.9. The van der Waals surface area contributed by atoms with Gasteiger partial charge < -0.3 is 47.3 Å². The maximum Gasteiger partial charge on any atom is 0.386 e. The van der Waals surface area contributed by atoms with Crippen molar-refractivity contribution in [2.24, 2.45) is 0 Å². The van der Waals surface area contributed by atoms with Gasteiger partial charge in [0.25, 0.3) is 12.1 Å². The number of aliphatic hydroxyl groups is 2. The van der Waals surface area contributed by atoms with E-state index >= 15 is 0 Å². The Bertz CT molecular complexity index is 547. The van der Waals surface area contributed by atoms with Crippen LogP contribution in [0.1, 0.15) is 27.7 Å². The molecule has 0 aliphatic carbocycles. The molecule has 2 fully saturated rings. The predicted molar refractivity (Wildman–Crippen MR) is 103 cm³/mol. The van der Waals surface area contributed by atoms with Crippen LogP contribution in [-0.4, -0.2) is 86.3 Å². The van der Waals surface area contributed by atoms with E-state index in [0.717, 1.165) is 0 Å². The van der Waals surface area contributed by atoms with Gasteiger partial charge in [-0.15, -0.1) is 0 Å². The zero-order valence-corrected chi connectivity index (χ0v) is 19.4. The van der Waals surface area contributed by atoms with Gasteiger partial charge in [-0.25, -0.2) is 0 Å². The monoisotopic (exact) mass is 478 g/mol. The second-order valence-electron chi connectivity index (χ2n) is 6.37. The zero-order valence-electron chi connectivity index (χ0n) is 17.6. The standard InChI is InChI=1S/C16H32O12P2/c1-5-23-29(19,24-6-2)15-21-9-11(17)13(27-15)14-12(18)10-22-16(28-14)30(20,25-7-3)26-8-4/h11-18H,5-10H2,1-4H3/t11-,12+,13+,14-,15-,16-/m0/s1. The molecule has 12 nitrogen and oxygen atoms in total. The van der Waals surface area contributed by atoms with Crippen LogP contribution >= 0.6 is 15.2 Å². The number of ether oxygens (including phenoxy) is 4. The molecule has 0 unspecified atom stereocenters. The van der Waals surface area contributed by atoms with E-state index in [1.165, 1.54) is 0 Å². The van der Waals surface area contributed by atoms with Crippen molar-refractivity contribution in [2.75, 3.05) is 39.6 Å². The molecule has 6 atom stereocenters. The van der Waals surface area contributed by atoms with E-state index in [1.807, 2.05) is 0 Å². The van der Waals surface area contributed by atoms with Crippen LogP contribution in [0.4, 0.5) is 0 Å². The first-order valence-corrected chi connectivity index (χ1v) is 13.1. The smallest absolute Gasteiger partial charge is 0.386 e. The molecule has 0 amide bonds. The van der Waals surface area contributed by atoms with Crippen molar-refractivity contribution in [3.63, 3.8) is 0 Å². The number of hydrogen-bond acceptors (Lipinski definition) is 12. The summed E-state index contributed by atoms with van der Waals surface area (Å²) in [6, 6.07) is -2.87. The molecule has 14 heteroatoms. The molecule has 178 valence electrons. The average molecular weight is 478 g/mol. The van der Waals surface area contributed by atoms with Gasteiger partial charge in [0.05, 0.1) is 39.6 Å². The third-order valence-corrected chi connectivity index (χ3v) is 8.25. The molecule has 30 heavy (non-hydrogen) atoms. The summed E-state index contributed by atoms with van der Waals surface area (Å²) in [5.41, 5.74) is 0. The maximum atomic E-state index is 13.0. The number of rotatable bonds is 11. The second kappa shape index (κ2) is 11.8. The molecule has 2 N–H and O–H groups in total. The van der Waals surface area contributed by atoms with Crippen LogP contribution in [0.25, 0.3) is 0 Å². The van der Waals surface area contributed by atoms with Gasteiger partial charge in [-0.1, -0.05) is 0 Å². The molecule has 0 spiro atoms. The summed E-state index contributed by atoms with van der Waals surface area (Å²) in [6.45, 7) is 6.32. The first kappa shape index (κ1) is 26.3. The minimum Gasteiger partial charge on any atom is -0.388 e. The van der Waals surface area contributed by atoms with Gasteiger partial charge in [-0.05, 0) is 27.7 Å². The van der Waals surface area contributed by atoms with Gasteiger partial charge in [0.15, 0.2) is 0 Å². The minimum absolute atomic E-state index is 0.0814. The molecule has 2 aliphatic rings. The first-order valence-electron chi connectivity index (χ1n) is 9.92. The van der Waals surface area contributed by atoms with Crippen LogP contribution in [-0.2, 0) is 46.2 Å². The number of aliphatic hydroxyl groups excluding tert-OH is 2. The summed E-state index contributed by atoms with van der Waals surface area (Å²) in [4.78, 5) is 0. The lowest BCUT2D eigenvalue weighted by atomic mass is 10.0. The first-order chi connectivity index (χ1) is 14.2. The lowest BCUT2D eigenvalue weighted by molar-refractivity contribution is -0.302. The molecule has 0 saturated carbocycles. The Labute approximate surface area is 176 Å². The Hall–Kier alpha value is 0.0600. The van der Waals surface area contributed by atoms with E-state index in [-0.39, 0.29) is 39.6 Å². The summed E-state index contributed by atoms with van der Waals surface area (Å²) in [6.07, 6.45) is -4.88. The van der Waals surface area contributed by atoms with Gasteiger partial charge in [0.2, 0.25) is 0 Å². The Morgan fingerprint density at radius 1 is 0.700 bits per heavy atom. The molecule has 2 saturated heterocycles. The van der Waals surface area contributed by atoms with Crippen LogP contribution in [0.3, 0.4) is 0 Å². The summed E-state index contributed by atoms with van der Waals surface area (Å²) >= 11 is 0. The molecule has 0 radical (unpaired) electrons. The SMILES string of the molecule is CCOP(=O)(OCC)[C@H]1OC[C@@H](O)[C@@H]([C@@H]2O[C@@H](P(=O)(OCC)OCC)OC[C@@H]2O)O1. The zero-order chi connectivity index (χ0) is 22.4. The second-order valence-corrected chi connectivity index (χ2v) is 10.4. The van der Waals surface area contributed by atoms with E-state index in [9.17, 15) is 19.3 Å². The van der Waals surface area contributed by atoms with Crippen LogP contribution in [0, 0.1) is 0 Å². The van der Waals surface area contributed by atoms with Gasteiger partial charge >= 0.3 is 15.2 Å². The highest BCUT2D eigenvalue weighted by Crippen LogP contribution is 2.57. The predicted octanol–water partition coefficient (Wildman–Crippen LogP) is 1.64. The normalized spacial score (nSPS) is 33.5. The molecule has 0 aromatic heterocycles. The third-order valence-electron chi connectivity index (χ3n) is 4.20. The summed E-state index contributed by atoms with van der Waals surface area (Å²) in [7, 11) is -7.65. The molecule has 0 bridgehead atoms. The molecular weight excluding hydrogens is 446 g/mol. The molecular formula is C16H32O12P2. The maximum absolute atomic E-state index is 13.0. The Kier molecular flexibility index (Phi) is 10.3. The van der Waals surface area contributed by atoms with Crippen molar-refractivity contribution in [2.45, 2.75) is 64.2 Å². The largest absolute Gasteiger partial charge is 0.388 e. The molecule has 2 rings (SSSR count). The lowest BCUT2D eigenvalue weighted by Gasteiger charge is -2.44. The lowest BCUT2D eigenvalue weighted by Crippen LogP contribution is -2.58. The van der Waals surface area contributed by atoms with Gasteiger partial charge in [0.1, 0.15) is 24.4 Å². The highest BCUT2D eigenvalue weighted by molar-refractivity contribution is 7.54.